The van der Waals surface area contributed by atoms with Gasteiger partial charge in [-0.2, -0.15) is 5.10 Å². The number of nitrogens with two attached hydrogens (primary N) is 1. The van der Waals surface area contributed by atoms with Crippen LogP contribution in [-0.4, -0.2) is 53.6 Å². The van der Waals surface area contributed by atoms with Crippen molar-refractivity contribution in [2.75, 3.05) is 32.5 Å². The molecule has 2 aromatic rings. The summed E-state index contributed by atoms with van der Waals surface area (Å²) in [5.41, 5.74) is 8.20. The molecule has 1 aliphatic rings. The number of nitrogens with zero attached hydrogens (tertiary/aromatic N) is 2. The van der Waals surface area contributed by atoms with Gasteiger partial charge >= 0.3 is 6.09 Å². The van der Waals surface area contributed by atoms with E-state index in [0.717, 1.165) is 29.7 Å². The summed E-state index contributed by atoms with van der Waals surface area (Å²) in [7, 11) is 1.62. The highest BCUT2D eigenvalue weighted by atomic mass is 16.6. The van der Waals surface area contributed by atoms with Crippen LogP contribution in [0.1, 0.15) is 39.3 Å². The third-order valence-corrected chi connectivity index (χ3v) is 5.17. The number of rotatable bonds is 5. The van der Waals surface area contributed by atoms with Gasteiger partial charge < -0.3 is 24.8 Å². The van der Waals surface area contributed by atoms with Crippen LogP contribution in [0.15, 0.2) is 18.2 Å². The van der Waals surface area contributed by atoms with Gasteiger partial charge in [0.15, 0.2) is 17.3 Å². The van der Waals surface area contributed by atoms with Crippen LogP contribution in [0.25, 0.3) is 11.1 Å². The van der Waals surface area contributed by atoms with E-state index in [1.54, 1.807) is 12.0 Å². The van der Waals surface area contributed by atoms with E-state index in [1.807, 2.05) is 45.9 Å². The van der Waals surface area contributed by atoms with E-state index >= 15 is 0 Å². The van der Waals surface area contributed by atoms with Gasteiger partial charge in [-0.05, 0) is 64.2 Å². The van der Waals surface area contributed by atoms with Crippen molar-refractivity contribution in [1.29, 1.82) is 0 Å². The fourth-order valence-electron chi connectivity index (χ4n) is 3.57. The predicted octanol–water partition coefficient (Wildman–Crippen LogP) is 4.00. The highest BCUT2D eigenvalue weighted by molar-refractivity contribution is 5.77. The second kappa shape index (κ2) is 8.85. The van der Waals surface area contributed by atoms with E-state index in [2.05, 4.69) is 10.2 Å². The fourth-order valence-corrected chi connectivity index (χ4v) is 3.57. The smallest absolute Gasteiger partial charge is 0.410 e. The first-order valence-corrected chi connectivity index (χ1v) is 10.3. The molecule has 0 spiro atoms. The van der Waals surface area contributed by atoms with Crippen LogP contribution in [0.3, 0.4) is 0 Å². The Labute approximate surface area is 177 Å². The number of benzene rings is 1. The van der Waals surface area contributed by atoms with Crippen molar-refractivity contribution in [2.24, 2.45) is 5.92 Å². The zero-order valence-corrected chi connectivity index (χ0v) is 18.4. The van der Waals surface area contributed by atoms with Crippen LogP contribution in [0.5, 0.6) is 11.5 Å². The molecular weight excluding hydrogens is 384 g/mol. The van der Waals surface area contributed by atoms with Crippen molar-refractivity contribution >= 4 is 11.9 Å². The van der Waals surface area contributed by atoms with Gasteiger partial charge in [-0.1, -0.05) is 6.07 Å². The molecule has 0 bridgehead atoms. The van der Waals surface area contributed by atoms with Crippen LogP contribution in [0, 0.1) is 12.8 Å². The summed E-state index contributed by atoms with van der Waals surface area (Å²) in [6.45, 7) is 9.51. The number of ether oxygens (including phenoxy) is 3. The zero-order valence-electron chi connectivity index (χ0n) is 18.4. The Bertz CT molecular complexity index is 860. The first kappa shape index (κ1) is 21.8. The Morgan fingerprint density at radius 1 is 1.27 bits per heavy atom. The molecule has 3 N–H and O–H groups in total. The molecule has 0 radical (unpaired) electrons. The van der Waals surface area contributed by atoms with Crippen LogP contribution >= 0.6 is 0 Å². The average molecular weight is 417 g/mol. The quantitative estimate of drug-likeness (QED) is 0.764. The molecule has 8 heteroatoms. The number of methoxy groups -OCH3 is 1. The van der Waals surface area contributed by atoms with Crippen LogP contribution in [0.2, 0.25) is 0 Å². The molecule has 0 atom stereocenters. The predicted molar refractivity (Wildman–Crippen MR) is 116 cm³/mol. The molecule has 0 saturated carbocycles. The largest absolute Gasteiger partial charge is 0.493 e. The number of H-pyrrole nitrogens is 1. The Balaban J connectivity index is 1.57. The van der Waals surface area contributed by atoms with Gasteiger partial charge in [-0.3, -0.25) is 5.10 Å². The number of nitrogens with one attached hydrogen (secondary N) is 1. The topological polar surface area (TPSA) is 103 Å². The van der Waals surface area contributed by atoms with Crippen LogP contribution < -0.4 is 15.2 Å². The number of carbonyl (C=O) groups is 1. The number of aromatic amines is 1. The zero-order chi connectivity index (χ0) is 21.9. The van der Waals surface area contributed by atoms with E-state index in [-0.39, 0.29) is 6.09 Å². The summed E-state index contributed by atoms with van der Waals surface area (Å²) < 4.78 is 17.0. The summed E-state index contributed by atoms with van der Waals surface area (Å²) in [4.78, 5) is 14.0. The first-order valence-electron chi connectivity index (χ1n) is 10.3. The lowest BCUT2D eigenvalue weighted by atomic mass is 9.98. The molecule has 1 fully saturated rings. The van der Waals surface area contributed by atoms with Crippen molar-refractivity contribution < 1.29 is 19.0 Å². The number of hydrogen-bond acceptors (Lipinski definition) is 6. The molecule has 1 aromatic carbocycles. The van der Waals surface area contributed by atoms with Gasteiger partial charge in [0.05, 0.1) is 13.7 Å². The minimum absolute atomic E-state index is 0.243. The third-order valence-electron chi connectivity index (χ3n) is 5.17. The van der Waals surface area contributed by atoms with E-state index in [1.165, 1.54) is 0 Å². The van der Waals surface area contributed by atoms with Gasteiger partial charge in [-0.25, -0.2) is 4.79 Å². The second-order valence-electron chi connectivity index (χ2n) is 8.70. The number of aromatic nitrogens is 2. The number of anilines is 1. The van der Waals surface area contributed by atoms with E-state index in [9.17, 15) is 4.79 Å². The Morgan fingerprint density at radius 2 is 1.97 bits per heavy atom. The maximum absolute atomic E-state index is 12.2. The molecule has 30 heavy (non-hydrogen) atoms. The molecule has 0 aliphatic carbocycles. The Kier molecular flexibility index (Phi) is 6.43. The fraction of sp³-hybridized carbons (Fsp3) is 0.545. The van der Waals surface area contributed by atoms with Crippen LogP contribution in [-0.2, 0) is 4.74 Å². The lowest BCUT2D eigenvalue weighted by molar-refractivity contribution is 0.0164. The number of likely N-dealkylation sites (tertiary alicyclic amines) is 1. The summed E-state index contributed by atoms with van der Waals surface area (Å²) in [6.07, 6.45) is 1.52. The van der Waals surface area contributed by atoms with Gasteiger partial charge in [0.2, 0.25) is 0 Å². The average Bonchev–Trinajstić information content (AvgIpc) is 3.03. The Hall–Kier alpha value is -2.90. The van der Waals surface area contributed by atoms with Crippen molar-refractivity contribution in [3.05, 3.63) is 23.9 Å². The van der Waals surface area contributed by atoms with E-state index in [0.29, 0.717) is 42.9 Å². The number of piperidine rings is 1. The molecule has 8 nitrogen and oxygen atoms in total. The van der Waals surface area contributed by atoms with Crippen molar-refractivity contribution in [3.8, 4) is 22.6 Å². The minimum Gasteiger partial charge on any atom is -0.493 e. The van der Waals surface area contributed by atoms with Gasteiger partial charge in [0.25, 0.3) is 0 Å². The Morgan fingerprint density at radius 3 is 2.53 bits per heavy atom. The third kappa shape index (κ3) is 5.17. The summed E-state index contributed by atoms with van der Waals surface area (Å²) in [5, 5.41) is 6.95. The summed E-state index contributed by atoms with van der Waals surface area (Å²) in [6, 6.07) is 5.77. The minimum atomic E-state index is -0.473. The summed E-state index contributed by atoms with van der Waals surface area (Å²) in [5.74, 6) is 2.18. The maximum Gasteiger partial charge on any atom is 0.410 e. The van der Waals surface area contributed by atoms with Crippen LogP contribution in [0.4, 0.5) is 10.6 Å². The normalized spacial score (nSPS) is 15.2. The molecule has 1 aromatic heterocycles. The summed E-state index contributed by atoms with van der Waals surface area (Å²) >= 11 is 0. The molecule has 1 saturated heterocycles. The highest BCUT2D eigenvalue weighted by Crippen LogP contribution is 2.36. The molecular formula is C22H32N4O4. The van der Waals surface area contributed by atoms with Gasteiger partial charge in [0, 0.05) is 24.3 Å². The van der Waals surface area contributed by atoms with Crippen molar-refractivity contribution in [3.63, 3.8) is 0 Å². The van der Waals surface area contributed by atoms with E-state index in [4.69, 9.17) is 19.9 Å². The van der Waals surface area contributed by atoms with Crippen molar-refractivity contribution in [2.45, 2.75) is 46.1 Å². The number of amides is 1. The maximum atomic E-state index is 12.2. The van der Waals surface area contributed by atoms with E-state index < -0.39 is 5.60 Å². The molecule has 164 valence electrons. The molecule has 1 aliphatic heterocycles. The standard InChI is InChI=1S/C22H32N4O4/c1-14-19(20(23)25-24-14)16-6-7-17(18(12-16)28-5)29-13-15-8-10-26(11-9-15)21(27)30-22(2,3)4/h6-7,12,15H,8-11,13H2,1-5H3,(H3,23,24,25). The lowest BCUT2D eigenvalue weighted by Crippen LogP contribution is -2.42. The van der Waals surface area contributed by atoms with Gasteiger partial charge in [0.1, 0.15) is 5.60 Å². The number of carbonyl (C=O) groups excluding carboxylic acids is 1. The lowest BCUT2D eigenvalue weighted by Gasteiger charge is -2.33. The molecule has 2 heterocycles. The molecule has 0 unspecified atom stereocenters. The number of hydrogen-bond donors (Lipinski definition) is 2. The first-order chi connectivity index (χ1) is 14.2. The van der Waals surface area contributed by atoms with Gasteiger partial charge in [-0.15, -0.1) is 0 Å². The second-order valence-corrected chi connectivity index (χ2v) is 8.70. The molecule has 3 rings (SSSR count). The number of aryl methyl sites for hydroxylation is 1. The highest BCUT2D eigenvalue weighted by Gasteiger charge is 2.27. The monoisotopic (exact) mass is 416 g/mol. The molecule has 1 amide bonds. The number of nitrogen functional groups attached to an aromatic ring is 1. The SMILES string of the molecule is COc1cc(-c2c(N)n[nH]c2C)ccc1OCC1CCN(C(=O)OC(C)(C)C)CC1. The van der Waals surface area contributed by atoms with Crippen molar-refractivity contribution in [1.82, 2.24) is 15.1 Å².